The molecule has 4 bridgehead atoms. The van der Waals surface area contributed by atoms with Gasteiger partial charge in [0, 0.05) is 11.8 Å². The minimum atomic E-state index is -0.119. The first-order valence-electron chi connectivity index (χ1n) is 11.1. The number of hydrogen-bond donors (Lipinski definition) is 0. The highest BCUT2D eigenvalue weighted by atomic mass is 32.2. The summed E-state index contributed by atoms with van der Waals surface area (Å²) in [4.78, 5) is 13.5. The third-order valence-electron chi connectivity index (χ3n) is 7.51. The predicted octanol–water partition coefficient (Wildman–Crippen LogP) is 5.68. The highest BCUT2D eigenvalue weighted by molar-refractivity contribution is 8.00. The number of hydrogen-bond acceptors (Lipinski definition) is 5. The molecule has 4 saturated carbocycles. The largest absolute Gasteiger partial charge is 0.416 e. The fourth-order valence-corrected chi connectivity index (χ4v) is 7.47. The van der Waals surface area contributed by atoms with E-state index in [4.69, 9.17) is 4.42 Å². The van der Waals surface area contributed by atoms with Crippen LogP contribution in [-0.2, 0) is 11.2 Å². The van der Waals surface area contributed by atoms with Gasteiger partial charge in [-0.1, -0.05) is 49.0 Å². The monoisotopic (exact) mass is 410 g/mol. The molecule has 0 amide bonds. The van der Waals surface area contributed by atoms with Crippen molar-refractivity contribution in [2.24, 2.45) is 23.2 Å². The molecule has 0 spiro atoms. The Morgan fingerprint density at radius 1 is 1.07 bits per heavy atom. The van der Waals surface area contributed by atoms with Crippen LogP contribution in [0.15, 0.2) is 40.0 Å². The third-order valence-corrected chi connectivity index (χ3v) is 8.44. The Morgan fingerprint density at radius 3 is 2.31 bits per heavy atom. The molecule has 4 aliphatic carbocycles. The van der Waals surface area contributed by atoms with Crippen molar-refractivity contribution in [2.45, 2.75) is 75.2 Å². The second-order valence-corrected chi connectivity index (χ2v) is 11.1. The van der Waals surface area contributed by atoms with Crippen LogP contribution in [0.3, 0.4) is 0 Å². The first-order valence-corrected chi connectivity index (χ1v) is 12.0. The van der Waals surface area contributed by atoms with Crippen LogP contribution < -0.4 is 0 Å². The Kier molecular flexibility index (Phi) is 5.05. The van der Waals surface area contributed by atoms with Gasteiger partial charge in [0.15, 0.2) is 5.78 Å². The van der Waals surface area contributed by atoms with E-state index in [1.165, 1.54) is 36.6 Å². The lowest BCUT2D eigenvalue weighted by molar-refractivity contribution is -0.143. The van der Waals surface area contributed by atoms with E-state index in [2.05, 4.69) is 41.4 Å². The zero-order valence-electron chi connectivity index (χ0n) is 17.3. The molecule has 1 aromatic heterocycles. The van der Waals surface area contributed by atoms with Gasteiger partial charge in [-0.2, -0.15) is 0 Å². The number of benzene rings is 1. The Hall–Kier alpha value is -1.62. The standard InChI is InChI=1S/C24H30N2O2S/c1-15(20-6-4-3-5-7-20)8-21-25-26-23(28-21)29-16(2)22(27)24-12-17-9-18(13-24)11-19(10-17)14-24/h3-7,15-19H,8-14H2,1-2H3. The van der Waals surface area contributed by atoms with E-state index < -0.39 is 0 Å². The summed E-state index contributed by atoms with van der Waals surface area (Å²) in [6, 6.07) is 10.4. The maximum Gasteiger partial charge on any atom is 0.277 e. The zero-order valence-corrected chi connectivity index (χ0v) is 18.2. The SMILES string of the molecule is CC(Sc1nnc(CC(C)c2ccccc2)o1)C(=O)C12CC3CC(CC(C3)C1)C2. The van der Waals surface area contributed by atoms with Gasteiger partial charge < -0.3 is 4.42 Å². The van der Waals surface area contributed by atoms with E-state index in [0.29, 0.717) is 22.8 Å². The van der Waals surface area contributed by atoms with Gasteiger partial charge in [0.2, 0.25) is 5.89 Å². The van der Waals surface area contributed by atoms with E-state index in [1.807, 2.05) is 13.0 Å². The number of aromatic nitrogens is 2. The molecule has 4 fully saturated rings. The number of nitrogens with zero attached hydrogens (tertiary/aromatic N) is 2. The molecule has 5 heteroatoms. The highest BCUT2D eigenvalue weighted by Crippen LogP contribution is 2.61. The van der Waals surface area contributed by atoms with Crippen molar-refractivity contribution < 1.29 is 9.21 Å². The first-order chi connectivity index (χ1) is 14.0. The molecule has 4 aliphatic rings. The van der Waals surface area contributed by atoms with Crippen molar-refractivity contribution in [3.05, 3.63) is 41.8 Å². The molecule has 0 saturated heterocycles. The van der Waals surface area contributed by atoms with Gasteiger partial charge in [-0.25, -0.2) is 0 Å². The van der Waals surface area contributed by atoms with Crippen LogP contribution in [-0.4, -0.2) is 21.2 Å². The quantitative estimate of drug-likeness (QED) is 0.550. The predicted molar refractivity (Wildman–Crippen MR) is 114 cm³/mol. The zero-order chi connectivity index (χ0) is 20.0. The van der Waals surface area contributed by atoms with Gasteiger partial charge in [-0.05, 0) is 74.7 Å². The second-order valence-electron chi connectivity index (χ2n) is 9.80. The van der Waals surface area contributed by atoms with E-state index in [-0.39, 0.29) is 10.7 Å². The lowest BCUT2D eigenvalue weighted by atomic mass is 9.48. The van der Waals surface area contributed by atoms with Crippen molar-refractivity contribution >= 4 is 17.5 Å². The molecule has 29 heavy (non-hydrogen) atoms. The summed E-state index contributed by atoms with van der Waals surface area (Å²) in [5, 5.41) is 8.88. The van der Waals surface area contributed by atoms with Crippen LogP contribution in [0.5, 0.6) is 0 Å². The van der Waals surface area contributed by atoms with Gasteiger partial charge in [0.05, 0.1) is 5.25 Å². The second kappa shape index (κ2) is 7.57. The van der Waals surface area contributed by atoms with Crippen LogP contribution in [0.25, 0.3) is 0 Å². The van der Waals surface area contributed by atoms with E-state index in [9.17, 15) is 4.79 Å². The van der Waals surface area contributed by atoms with Crippen LogP contribution >= 0.6 is 11.8 Å². The Morgan fingerprint density at radius 2 is 1.69 bits per heavy atom. The molecule has 4 nitrogen and oxygen atoms in total. The van der Waals surface area contributed by atoms with Gasteiger partial charge in [-0.15, -0.1) is 10.2 Å². The van der Waals surface area contributed by atoms with Crippen LogP contribution in [0.1, 0.15) is 69.7 Å². The fraction of sp³-hybridized carbons (Fsp3) is 0.625. The minimum absolute atomic E-state index is 0.0636. The molecule has 2 aromatic rings. The van der Waals surface area contributed by atoms with E-state index in [1.54, 1.807) is 0 Å². The summed E-state index contributed by atoms with van der Waals surface area (Å²) < 4.78 is 5.90. The van der Waals surface area contributed by atoms with Crippen molar-refractivity contribution in [2.75, 3.05) is 0 Å². The molecule has 0 radical (unpaired) electrons. The average molecular weight is 411 g/mol. The molecule has 2 atom stereocenters. The molecule has 1 aromatic carbocycles. The van der Waals surface area contributed by atoms with E-state index >= 15 is 0 Å². The van der Waals surface area contributed by atoms with Gasteiger partial charge >= 0.3 is 0 Å². The smallest absolute Gasteiger partial charge is 0.277 e. The van der Waals surface area contributed by atoms with Crippen LogP contribution in [0, 0.1) is 23.2 Å². The molecular weight excluding hydrogens is 380 g/mol. The molecule has 1 heterocycles. The van der Waals surface area contributed by atoms with Crippen molar-refractivity contribution in [3.8, 4) is 0 Å². The topological polar surface area (TPSA) is 56.0 Å². The fourth-order valence-electron chi connectivity index (χ4n) is 6.58. The summed E-state index contributed by atoms with van der Waals surface area (Å²) >= 11 is 1.45. The first kappa shape index (κ1) is 19.3. The Balaban J connectivity index is 1.22. The summed E-state index contributed by atoms with van der Waals surface area (Å²) in [6.07, 6.45) is 8.15. The van der Waals surface area contributed by atoms with Crippen LogP contribution in [0.2, 0.25) is 0 Å². The summed E-state index contributed by atoms with van der Waals surface area (Å²) in [5.74, 6) is 3.77. The maximum atomic E-state index is 13.5. The average Bonchev–Trinajstić information content (AvgIpc) is 3.13. The van der Waals surface area contributed by atoms with Crippen molar-refractivity contribution in [1.82, 2.24) is 10.2 Å². The number of Topliss-reactive ketones (excluding diaryl/α,β-unsaturated/α-hetero) is 1. The molecule has 154 valence electrons. The normalized spacial score (nSPS) is 32.3. The highest BCUT2D eigenvalue weighted by Gasteiger charge is 2.55. The summed E-state index contributed by atoms with van der Waals surface area (Å²) in [5.41, 5.74) is 1.21. The van der Waals surface area contributed by atoms with Gasteiger partial charge in [0.1, 0.15) is 0 Å². The molecule has 0 N–H and O–H groups in total. The maximum absolute atomic E-state index is 13.5. The van der Waals surface area contributed by atoms with Gasteiger partial charge in [0.25, 0.3) is 5.22 Å². The Labute approximate surface area is 177 Å². The number of carbonyl (C=O) groups is 1. The lowest BCUT2D eigenvalue weighted by Gasteiger charge is -2.56. The number of ketones is 1. The molecular formula is C24H30N2O2S. The number of thioether (sulfide) groups is 1. The van der Waals surface area contributed by atoms with Crippen molar-refractivity contribution in [1.29, 1.82) is 0 Å². The molecule has 0 aliphatic heterocycles. The molecule has 6 rings (SSSR count). The third kappa shape index (κ3) is 3.78. The number of rotatable bonds is 7. The minimum Gasteiger partial charge on any atom is -0.416 e. The summed E-state index contributed by atoms with van der Waals surface area (Å²) in [7, 11) is 0. The van der Waals surface area contributed by atoms with Crippen LogP contribution in [0.4, 0.5) is 0 Å². The molecule has 2 unspecified atom stereocenters. The lowest BCUT2D eigenvalue weighted by Crippen LogP contribution is -2.51. The van der Waals surface area contributed by atoms with Crippen molar-refractivity contribution in [3.63, 3.8) is 0 Å². The van der Waals surface area contributed by atoms with Gasteiger partial charge in [-0.3, -0.25) is 4.79 Å². The summed E-state index contributed by atoms with van der Waals surface area (Å²) in [6.45, 7) is 4.20. The Bertz CT molecular complexity index is 843. The number of carbonyl (C=O) groups excluding carboxylic acids is 1. The van der Waals surface area contributed by atoms with E-state index in [0.717, 1.165) is 43.4 Å².